The molecule has 0 amide bonds. The van der Waals surface area contributed by atoms with Gasteiger partial charge in [-0.3, -0.25) is 4.99 Å². The van der Waals surface area contributed by atoms with Crippen molar-refractivity contribution in [3.63, 3.8) is 0 Å². The Bertz CT molecular complexity index is 267. The first-order chi connectivity index (χ1) is 6.74. The van der Waals surface area contributed by atoms with Crippen molar-refractivity contribution in [2.75, 3.05) is 0 Å². The molecule has 76 valence electrons. The number of nitrogens with zero attached hydrogens (tertiary/aromatic N) is 2. The molecule has 0 radical (unpaired) electrons. The van der Waals surface area contributed by atoms with Crippen molar-refractivity contribution in [2.24, 2.45) is 4.99 Å². The fourth-order valence-corrected chi connectivity index (χ4v) is 1.03. The Morgan fingerprint density at radius 2 is 2.00 bits per heavy atom. The van der Waals surface area contributed by atoms with Gasteiger partial charge in [-0.05, 0) is 18.9 Å². The van der Waals surface area contributed by atoms with Crippen molar-refractivity contribution in [3.05, 3.63) is 23.9 Å². The van der Waals surface area contributed by atoms with E-state index in [4.69, 9.17) is 5.26 Å². The first-order valence-electron chi connectivity index (χ1n) is 5.05. The molecule has 0 unspecified atom stereocenters. The van der Waals surface area contributed by atoms with Gasteiger partial charge in [0.15, 0.2) is 0 Å². The minimum absolute atomic E-state index is 0.778. The highest BCUT2D eigenvalue weighted by molar-refractivity contribution is 5.74. The van der Waals surface area contributed by atoms with Crippen LogP contribution in [0, 0.1) is 11.3 Å². The third kappa shape index (κ3) is 6.19. The molecule has 0 aliphatic heterocycles. The molecule has 0 saturated heterocycles. The number of allylic oxidation sites excluding steroid dienone is 3. The molecule has 0 rings (SSSR count). The van der Waals surface area contributed by atoms with Gasteiger partial charge in [0.1, 0.15) is 0 Å². The highest BCUT2D eigenvalue weighted by Crippen LogP contribution is 2.04. The van der Waals surface area contributed by atoms with E-state index in [-0.39, 0.29) is 0 Å². The van der Waals surface area contributed by atoms with Gasteiger partial charge in [-0.15, -0.1) is 0 Å². The molecule has 0 N–H and O–H groups in total. The monoisotopic (exact) mass is 190 g/mol. The predicted molar refractivity (Wildman–Crippen MR) is 61.1 cm³/mol. The predicted octanol–water partition coefficient (Wildman–Crippen LogP) is 3.62. The zero-order valence-corrected chi connectivity index (χ0v) is 9.08. The standard InChI is InChI=1S/C12H18N2/c1-4-6-11(3)14-9-8-12(10-13)7-5-2/h8-9H,3-7H2,1-2H3/b12-8+,14-9?. The average Bonchev–Trinajstić information content (AvgIpc) is 2.17. The molecule has 0 aromatic rings. The maximum Gasteiger partial charge on any atom is 0.0947 e. The van der Waals surface area contributed by atoms with E-state index in [9.17, 15) is 0 Å². The van der Waals surface area contributed by atoms with Crippen molar-refractivity contribution in [3.8, 4) is 6.07 Å². The molecule has 0 atom stereocenters. The first kappa shape index (κ1) is 12.6. The summed E-state index contributed by atoms with van der Waals surface area (Å²) >= 11 is 0. The van der Waals surface area contributed by atoms with Gasteiger partial charge in [0.25, 0.3) is 0 Å². The third-order valence-corrected chi connectivity index (χ3v) is 1.73. The van der Waals surface area contributed by atoms with Gasteiger partial charge in [0.2, 0.25) is 0 Å². The SMILES string of the molecule is C=C(CCC)N=C/C=C(/C#N)CCC. The van der Waals surface area contributed by atoms with Crippen molar-refractivity contribution in [1.29, 1.82) is 5.26 Å². The molecule has 0 fully saturated rings. The Kier molecular flexibility index (Phi) is 7.45. The Morgan fingerprint density at radius 1 is 1.36 bits per heavy atom. The van der Waals surface area contributed by atoms with Gasteiger partial charge in [0, 0.05) is 17.5 Å². The van der Waals surface area contributed by atoms with Crippen LogP contribution in [0.5, 0.6) is 0 Å². The topological polar surface area (TPSA) is 36.1 Å². The summed E-state index contributed by atoms with van der Waals surface area (Å²) in [6, 6.07) is 2.15. The lowest BCUT2D eigenvalue weighted by molar-refractivity contribution is 0.899. The van der Waals surface area contributed by atoms with Gasteiger partial charge in [0.05, 0.1) is 6.07 Å². The fraction of sp³-hybridized carbons (Fsp3) is 0.500. The van der Waals surface area contributed by atoms with E-state index in [1.165, 1.54) is 0 Å². The number of hydrogen-bond acceptors (Lipinski definition) is 2. The molecule has 0 spiro atoms. The highest BCUT2D eigenvalue weighted by Gasteiger charge is 1.90. The first-order valence-corrected chi connectivity index (χ1v) is 5.05. The van der Waals surface area contributed by atoms with Crippen molar-refractivity contribution >= 4 is 6.21 Å². The number of rotatable bonds is 6. The smallest absolute Gasteiger partial charge is 0.0947 e. The van der Waals surface area contributed by atoms with E-state index in [0.29, 0.717) is 0 Å². The van der Waals surface area contributed by atoms with E-state index in [1.54, 1.807) is 12.3 Å². The lowest BCUT2D eigenvalue weighted by atomic mass is 10.1. The normalized spacial score (nSPS) is 11.6. The van der Waals surface area contributed by atoms with Crippen LogP contribution in [0.1, 0.15) is 39.5 Å². The van der Waals surface area contributed by atoms with E-state index >= 15 is 0 Å². The van der Waals surface area contributed by atoms with E-state index in [0.717, 1.165) is 37.0 Å². The summed E-state index contributed by atoms with van der Waals surface area (Å²) in [4.78, 5) is 4.14. The molecule has 0 aliphatic rings. The summed E-state index contributed by atoms with van der Waals surface area (Å²) in [5, 5.41) is 8.72. The van der Waals surface area contributed by atoms with E-state index in [2.05, 4.69) is 31.5 Å². The summed E-state index contributed by atoms with van der Waals surface area (Å²) in [5.74, 6) is 0. The van der Waals surface area contributed by atoms with E-state index < -0.39 is 0 Å². The van der Waals surface area contributed by atoms with Crippen LogP contribution >= 0.6 is 0 Å². The van der Waals surface area contributed by atoms with Crippen molar-refractivity contribution in [1.82, 2.24) is 0 Å². The van der Waals surface area contributed by atoms with Crippen LogP contribution in [0.4, 0.5) is 0 Å². The Morgan fingerprint density at radius 3 is 2.50 bits per heavy atom. The largest absolute Gasteiger partial charge is 0.262 e. The molecule has 0 bridgehead atoms. The van der Waals surface area contributed by atoms with Crippen molar-refractivity contribution < 1.29 is 0 Å². The summed E-state index contributed by atoms with van der Waals surface area (Å²) < 4.78 is 0. The average molecular weight is 190 g/mol. The third-order valence-electron chi connectivity index (χ3n) is 1.73. The van der Waals surface area contributed by atoms with Crippen LogP contribution in [-0.4, -0.2) is 6.21 Å². The maximum atomic E-state index is 8.72. The molecular formula is C12H18N2. The molecule has 0 aliphatic carbocycles. The summed E-state index contributed by atoms with van der Waals surface area (Å²) in [5.41, 5.74) is 1.65. The van der Waals surface area contributed by atoms with Gasteiger partial charge < -0.3 is 0 Å². The molecule has 0 aromatic carbocycles. The Labute approximate surface area is 86.7 Å². The van der Waals surface area contributed by atoms with Gasteiger partial charge >= 0.3 is 0 Å². The molecule has 14 heavy (non-hydrogen) atoms. The Balaban J connectivity index is 4.11. The highest BCUT2D eigenvalue weighted by atomic mass is 14.7. The number of nitriles is 1. The molecule has 0 aromatic heterocycles. The summed E-state index contributed by atoms with van der Waals surface area (Å²) in [6.45, 7) is 7.95. The maximum absolute atomic E-state index is 8.72. The number of aliphatic imine (C=N–C) groups is 1. The quantitative estimate of drug-likeness (QED) is 0.465. The molecular weight excluding hydrogens is 172 g/mol. The minimum Gasteiger partial charge on any atom is -0.262 e. The second-order valence-corrected chi connectivity index (χ2v) is 3.15. The van der Waals surface area contributed by atoms with E-state index in [1.807, 2.05) is 0 Å². The summed E-state index contributed by atoms with van der Waals surface area (Å²) in [6.07, 6.45) is 7.22. The van der Waals surface area contributed by atoms with Gasteiger partial charge in [-0.2, -0.15) is 5.26 Å². The molecule has 2 heteroatoms. The number of hydrogen-bond donors (Lipinski definition) is 0. The summed E-state index contributed by atoms with van der Waals surface area (Å²) in [7, 11) is 0. The van der Waals surface area contributed by atoms with Crippen LogP contribution in [0.15, 0.2) is 28.9 Å². The van der Waals surface area contributed by atoms with Gasteiger partial charge in [-0.1, -0.05) is 33.3 Å². The zero-order valence-electron chi connectivity index (χ0n) is 9.08. The zero-order chi connectivity index (χ0) is 10.8. The van der Waals surface area contributed by atoms with Crippen LogP contribution < -0.4 is 0 Å². The second kappa shape index (κ2) is 8.25. The molecule has 0 saturated carbocycles. The van der Waals surface area contributed by atoms with Crippen LogP contribution in [0.2, 0.25) is 0 Å². The van der Waals surface area contributed by atoms with Crippen molar-refractivity contribution in [2.45, 2.75) is 39.5 Å². The van der Waals surface area contributed by atoms with Crippen LogP contribution in [0.3, 0.4) is 0 Å². The van der Waals surface area contributed by atoms with Gasteiger partial charge in [-0.25, -0.2) is 0 Å². The van der Waals surface area contributed by atoms with Crippen LogP contribution in [0.25, 0.3) is 0 Å². The van der Waals surface area contributed by atoms with Crippen LogP contribution in [-0.2, 0) is 0 Å². The molecule has 0 heterocycles. The molecule has 2 nitrogen and oxygen atoms in total. The minimum atomic E-state index is 0.778. The lowest BCUT2D eigenvalue weighted by Gasteiger charge is -1.93. The lowest BCUT2D eigenvalue weighted by Crippen LogP contribution is -1.80. The second-order valence-electron chi connectivity index (χ2n) is 3.15. The fourth-order valence-electron chi connectivity index (χ4n) is 1.03. The Hall–Kier alpha value is -1.36.